The molecule has 0 aliphatic carbocycles. The number of aromatic nitrogens is 2. The first-order valence-corrected chi connectivity index (χ1v) is 6.78. The van der Waals surface area contributed by atoms with Crippen LogP contribution in [0, 0.1) is 0 Å². The van der Waals surface area contributed by atoms with Crippen molar-refractivity contribution < 1.29 is 4.42 Å². The van der Waals surface area contributed by atoms with Gasteiger partial charge < -0.3 is 4.42 Å². The summed E-state index contributed by atoms with van der Waals surface area (Å²) in [6.45, 7) is 4.28. The average Bonchev–Trinajstić information content (AvgIpc) is 2.76. The van der Waals surface area contributed by atoms with Crippen molar-refractivity contribution in [2.75, 3.05) is 0 Å². The Kier molecular flexibility index (Phi) is 4.07. The fraction of sp³-hybridized carbons (Fsp3) is 0.333. The van der Waals surface area contributed by atoms with E-state index in [2.05, 4.69) is 24.0 Å². The predicted molar refractivity (Wildman–Crippen MR) is 71.2 cm³/mol. The Morgan fingerprint density at radius 3 is 2.59 bits per heavy atom. The molecule has 5 heteroatoms. The number of hydrogen-bond acceptors (Lipinski definition) is 4. The molecule has 1 aromatic heterocycles. The summed E-state index contributed by atoms with van der Waals surface area (Å²) in [7, 11) is 0. The van der Waals surface area contributed by atoms with Crippen LogP contribution >= 0.6 is 23.4 Å². The van der Waals surface area contributed by atoms with Crippen LogP contribution in [-0.4, -0.2) is 15.4 Å². The van der Waals surface area contributed by atoms with E-state index in [1.54, 1.807) is 11.8 Å². The quantitative estimate of drug-likeness (QED) is 0.839. The third-order valence-corrected chi connectivity index (χ3v) is 3.43. The molecular formula is C12H13ClN2OS. The lowest BCUT2D eigenvalue weighted by molar-refractivity contribution is 0.528. The largest absolute Gasteiger partial charge is 0.420 e. The third-order valence-electron chi connectivity index (χ3n) is 2.10. The molecular weight excluding hydrogens is 256 g/mol. The summed E-state index contributed by atoms with van der Waals surface area (Å²) in [5.74, 6) is 1.95. The Bertz CT molecular complexity index is 482. The Hall–Kier alpha value is -1.00. The molecule has 0 amide bonds. The van der Waals surface area contributed by atoms with Crippen LogP contribution in [0.2, 0.25) is 5.02 Å². The van der Waals surface area contributed by atoms with Gasteiger partial charge in [-0.15, -0.1) is 22.0 Å². The van der Waals surface area contributed by atoms with Crippen LogP contribution in [0.15, 0.2) is 28.7 Å². The molecule has 17 heavy (non-hydrogen) atoms. The maximum atomic E-state index is 5.82. The third kappa shape index (κ3) is 3.48. The van der Waals surface area contributed by atoms with Crippen LogP contribution in [0.5, 0.6) is 0 Å². The molecule has 0 aliphatic rings. The summed E-state index contributed by atoms with van der Waals surface area (Å²) >= 11 is 7.60. The molecule has 90 valence electrons. The summed E-state index contributed by atoms with van der Waals surface area (Å²) in [5.41, 5.74) is 0.891. The molecule has 3 nitrogen and oxygen atoms in total. The highest BCUT2D eigenvalue weighted by atomic mass is 35.5. The fourth-order valence-corrected chi connectivity index (χ4v) is 1.98. The predicted octanol–water partition coefficient (Wildman–Crippen LogP) is 4.03. The number of benzene rings is 1. The van der Waals surface area contributed by atoms with Gasteiger partial charge >= 0.3 is 0 Å². The van der Waals surface area contributed by atoms with Crippen molar-refractivity contribution in [2.24, 2.45) is 0 Å². The van der Waals surface area contributed by atoms with Crippen molar-refractivity contribution in [1.82, 2.24) is 10.2 Å². The van der Waals surface area contributed by atoms with E-state index in [-0.39, 0.29) is 0 Å². The average molecular weight is 269 g/mol. The first-order chi connectivity index (χ1) is 8.15. The van der Waals surface area contributed by atoms with E-state index in [4.69, 9.17) is 16.0 Å². The molecule has 2 rings (SSSR count). The number of thioether (sulfide) groups is 1. The van der Waals surface area contributed by atoms with E-state index in [1.165, 1.54) is 0 Å². The van der Waals surface area contributed by atoms with E-state index in [0.717, 1.165) is 11.3 Å². The van der Waals surface area contributed by atoms with Crippen LogP contribution in [0.4, 0.5) is 0 Å². The second-order valence-electron chi connectivity index (χ2n) is 3.87. The Labute approximate surface area is 110 Å². The summed E-state index contributed by atoms with van der Waals surface area (Å²) in [5, 5.41) is 9.29. The smallest absolute Gasteiger partial charge is 0.247 e. The minimum absolute atomic E-state index is 0.543. The van der Waals surface area contributed by atoms with Gasteiger partial charge in [0, 0.05) is 10.6 Å². The van der Waals surface area contributed by atoms with Gasteiger partial charge in [-0.1, -0.05) is 25.4 Å². The zero-order valence-electron chi connectivity index (χ0n) is 9.68. The Balaban J connectivity index is 2.10. The second kappa shape index (κ2) is 5.56. The zero-order chi connectivity index (χ0) is 12.3. The summed E-state index contributed by atoms with van der Waals surface area (Å²) in [6.07, 6.45) is 0. The van der Waals surface area contributed by atoms with Gasteiger partial charge in [0.2, 0.25) is 11.8 Å². The van der Waals surface area contributed by atoms with Gasteiger partial charge in [0.05, 0.1) is 5.75 Å². The lowest BCUT2D eigenvalue weighted by Crippen LogP contribution is -1.88. The summed E-state index contributed by atoms with van der Waals surface area (Å²) in [4.78, 5) is 0. The van der Waals surface area contributed by atoms with Gasteiger partial charge in [-0.3, -0.25) is 0 Å². The van der Waals surface area contributed by atoms with Crippen molar-refractivity contribution in [2.45, 2.75) is 24.9 Å². The molecule has 0 saturated heterocycles. The molecule has 0 saturated carbocycles. The maximum Gasteiger partial charge on any atom is 0.247 e. The van der Waals surface area contributed by atoms with Gasteiger partial charge in [-0.2, -0.15) is 0 Å². The van der Waals surface area contributed by atoms with Gasteiger partial charge in [0.25, 0.3) is 0 Å². The topological polar surface area (TPSA) is 38.9 Å². The molecule has 0 bridgehead atoms. The molecule has 0 fully saturated rings. The number of rotatable bonds is 4. The van der Waals surface area contributed by atoms with Crippen LogP contribution < -0.4 is 0 Å². The lowest BCUT2D eigenvalue weighted by Gasteiger charge is -1.99. The highest BCUT2D eigenvalue weighted by molar-refractivity contribution is 7.99. The summed E-state index contributed by atoms with van der Waals surface area (Å²) in [6, 6.07) is 7.36. The van der Waals surface area contributed by atoms with Crippen molar-refractivity contribution in [1.29, 1.82) is 0 Å². The Morgan fingerprint density at radius 1 is 1.24 bits per heavy atom. The monoisotopic (exact) mass is 268 g/mol. The first-order valence-electron chi connectivity index (χ1n) is 5.35. The van der Waals surface area contributed by atoms with Gasteiger partial charge in [0.1, 0.15) is 0 Å². The molecule has 1 heterocycles. The number of halogens is 1. The van der Waals surface area contributed by atoms with Crippen LogP contribution in [-0.2, 0) is 5.75 Å². The maximum absolute atomic E-state index is 5.82. The second-order valence-corrected chi connectivity index (χ2v) is 5.87. The van der Waals surface area contributed by atoms with Crippen molar-refractivity contribution in [3.63, 3.8) is 0 Å². The molecule has 0 aliphatic heterocycles. The number of hydrogen-bond donors (Lipinski definition) is 0. The van der Waals surface area contributed by atoms with E-state index in [0.29, 0.717) is 22.1 Å². The van der Waals surface area contributed by atoms with E-state index in [1.807, 2.05) is 24.3 Å². The zero-order valence-corrected chi connectivity index (χ0v) is 11.3. The van der Waals surface area contributed by atoms with Crippen LogP contribution in [0.3, 0.4) is 0 Å². The lowest BCUT2D eigenvalue weighted by atomic mass is 10.2. The first kappa shape index (κ1) is 12.5. The van der Waals surface area contributed by atoms with Crippen molar-refractivity contribution in [3.05, 3.63) is 35.2 Å². The van der Waals surface area contributed by atoms with Crippen LogP contribution in [0.25, 0.3) is 11.5 Å². The molecule has 0 radical (unpaired) electrons. The standard InChI is InChI=1S/C12H13ClN2OS/c1-8(2)17-7-11-14-15-12(16-11)9-3-5-10(13)6-4-9/h3-6,8H,7H2,1-2H3. The highest BCUT2D eigenvalue weighted by Crippen LogP contribution is 2.22. The molecule has 0 N–H and O–H groups in total. The highest BCUT2D eigenvalue weighted by Gasteiger charge is 2.08. The molecule has 1 aromatic carbocycles. The van der Waals surface area contributed by atoms with Crippen molar-refractivity contribution >= 4 is 23.4 Å². The van der Waals surface area contributed by atoms with Gasteiger partial charge in [-0.05, 0) is 29.5 Å². The molecule has 0 atom stereocenters. The van der Waals surface area contributed by atoms with Crippen LogP contribution in [0.1, 0.15) is 19.7 Å². The Morgan fingerprint density at radius 2 is 1.94 bits per heavy atom. The minimum Gasteiger partial charge on any atom is -0.420 e. The molecule has 0 spiro atoms. The number of nitrogens with zero attached hydrogens (tertiary/aromatic N) is 2. The van der Waals surface area contributed by atoms with E-state index in [9.17, 15) is 0 Å². The van der Waals surface area contributed by atoms with Crippen molar-refractivity contribution in [3.8, 4) is 11.5 Å². The van der Waals surface area contributed by atoms with E-state index >= 15 is 0 Å². The van der Waals surface area contributed by atoms with E-state index < -0.39 is 0 Å². The minimum atomic E-state index is 0.543. The SMILES string of the molecule is CC(C)SCc1nnc(-c2ccc(Cl)cc2)o1. The molecule has 2 aromatic rings. The van der Waals surface area contributed by atoms with Gasteiger partial charge in [-0.25, -0.2) is 0 Å². The molecule has 0 unspecified atom stereocenters. The van der Waals surface area contributed by atoms with Gasteiger partial charge in [0.15, 0.2) is 0 Å². The summed E-state index contributed by atoms with van der Waals surface area (Å²) < 4.78 is 5.57. The normalized spacial score (nSPS) is 11.1. The fourth-order valence-electron chi connectivity index (χ4n) is 1.26.